The number of hydrogen-bond acceptors (Lipinski definition) is 2. The summed E-state index contributed by atoms with van der Waals surface area (Å²) in [6, 6.07) is 15.5. The number of rotatable bonds is 3. The number of benzene rings is 2. The predicted molar refractivity (Wildman–Crippen MR) is 82.4 cm³/mol. The Labute approximate surface area is 127 Å². The normalized spacial score (nSPS) is 20.8. The summed E-state index contributed by atoms with van der Waals surface area (Å²) in [7, 11) is 0. The third kappa shape index (κ3) is 2.19. The highest BCUT2D eigenvalue weighted by atomic mass is 35.5. The molecule has 1 atom stereocenters. The standard InChI is InChI=1S/C16H13Cl2NO/c17-14-7-3-1-6-13(14)10-19-15-8-4-2-5-12(15)9-16(19,18)11-20/h1-8,11H,9-10H2. The van der Waals surface area contributed by atoms with Crippen LogP contribution in [0.2, 0.25) is 5.02 Å². The van der Waals surface area contributed by atoms with Crippen molar-refractivity contribution in [2.24, 2.45) is 0 Å². The van der Waals surface area contributed by atoms with Crippen LogP contribution < -0.4 is 4.90 Å². The molecule has 4 heteroatoms. The number of para-hydroxylation sites is 1. The summed E-state index contributed by atoms with van der Waals surface area (Å²) < 4.78 is 0. The largest absolute Gasteiger partial charge is 0.342 e. The molecule has 1 unspecified atom stereocenters. The molecule has 0 fully saturated rings. The van der Waals surface area contributed by atoms with Gasteiger partial charge >= 0.3 is 0 Å². The molecular weight excluding hydrogens is 293 g/mol. The van der Waals surface area contributed by atoms with Crippen LogP contribution in [0.3, 0.4) is 0 Å². The van der Waals surface area contributed by atoms with Gasteiger partial charge in [0.2, 0.25) is 0 Å². The zero-order valence-electron chi connectivity index (χ0n) is 10.7. The summed E-state index contributed by atoms with van der Waals surface area (Å²) in [5.41, 5.74) is 3.04. The number of carbonyl (C=O) groups excluding carboxylic acids is 1. The average molecular weight is 306 g/mol. The lowest BCUT2D eigenvalue weighted by molar-refractivity contribution is -0.109. The summed E-state index contributed by atoms with van der Waals surface area (Å²) in [5.74, 6) is 0. The molecule has 0 saturated heterocycles. The third-order valence-electron chi connectivity index (χ3n) is 3.64. The highest BCUT2D eigenvalue weighted by Crippen LogP contribution is 2.41. The van der Waals surface area contributed by atoms with Crippen molar-refractivity contribution in [1.82, 2.24) is 0 Å². The van der Waals surface area contributed by atoms with E-state index in [9.17, 15) is 4.79 Å². The van der Waals surface area contributed by atoms with Gasteiger partial charge in [-0.1, -0.05) is 59.6 Å². The molecule has 20 heavy (non-hydrogen) atoms. The minimum Gasteiger partial charge on any atom is -0.342 e. The molecule has 0 radical (unpaired) electrons. The van der Waals surface area contributed by atoms with Crippen LogP contribution in [0.25, 0.3) is 0 Å². The number of fused-ring (bicyclic) bond motifs is 1. The van der Waals surface area contributed by atoms with E-state index in [1.54, 1.807) is 0 Å². The zero-order chi connectivity index (χ0) is 14.2. The first-order valence-corrected chi connectivity index (χ1v) is 7.14. The number of hydrogen-bond donors (Lipinski definition) is 0. The van der Waals surface area contributed by atoms with Gasteiger partial charge in [-0.15, -0.1) is 0 Å². The van der Waals surface area contributed by atoms with Crippen molar-refractivity contribution in [2.75, 3.05) is 4.90 Å². The topological polar surface area (TPSA) is 20.3 Å². The molecule has 1 heterocycles. The summed E-state index contributed by atoms with van der Waals surface area (Å²) in [6.45, 7) is 0.513. The number of nitrogens with zero attached hydrogens (tertiary/aromatic N) is 1. The van der Waals surface area contributed by atoms with Crippen molar-refractivity contribution in [3.8, 4) is 0 Å². The van der Waals surface area contributed by atoms with Gasteiger partial charge in [0.15, 0.2) is 11.3 Å². The molecular formula is C16H13Cl2NO. The zero-order valence-corrected chi connectivity index (χ0v) is 12.2. The SMILES string of the molecule is O=CC1(Cl)Cc2ccccc2N1Cc1ccccc1Cl. The van der Waals surface area contributed by atoms with E-state index in [-0.39, 0.29) is 0 Å². The summed E-state index contributed by atoms with van der Waals surface area (Å²) in [4.78, 5) is 12.4. The van der Waals surface area contributed by atoms with Crippen molar-refractivity contribution in [3.05, 3.63) is 64.7 Å². The maximum absolute atomic E-state index is 11.5. The second-order valence-electron chi connectivity index (χ2n) is 4.92. The Balaban J connectivity index is 2.02. The second-order valence-corrected chi connectivity index (χ2v) is 5.98. The molecule has 0 aromatic heterocycles. The van der Waals surface area contributed by atoms with Crippen molar-refractivity contribution in [1.29, 1.82) is 0 Å². The Morgan fingerprint density at radius 1 is 1.15 bits per heavy atom. The first kappa shape index (κ1) is 13.5. The fourth-order valence-corrected chi connectivity index (χ4v) is 3.10. The molecule has 0 saturated carbocycles. The van der Waals surface area contributed by atoms with Gasteiger partial charge < -0.3 is 4.90 Å². The molecule has 0 spiro atoms. The van der Waals surface area contributed by atoms with Gasteiger partial charge in [0.25, 0.3) is 0 Å². The molecule has 1 aliphatic heterocycles. The van der Waals surface area contributed by atoms with Gasteiger partial charge in [-0.2, -0.15) is 0 Å². The predicted octanol–water partition coefficient (Wildman–Crippen LogP) is 4.04. The average Bonchev–Trinajstić information content (AvgIpc) is 2.75. The lowest BCUT2D eigenvalue weighted by atomic mass is 10.1. The van der Waals surface area contributed by atoms with Crippen LogP contribution in [0.1, 0.15) is 11.1 Å². The van der Waals surface area contributed by atoms with Gasteiger partial charge in [0, 0.05) is 23.7 Å². The number of anilines is 1. The fraction of sp³-hybridized carbons (Fsp3) is 0.188. The van der Waals surface area contributed by atoms with E-state index in [2.05, 4.69) is 0 Å². The van der Waals surface area contributed by atoms with Crippen molar-refractivity contribution < 1.29 is 4.79 Å². The van der Waals surface area contributed by atoms with E-state index in [0.717, 1.165) is 23.1 Å². The molecule has 0 aliphatic carbocycles. The van der Waals surface area contributed by atoms with Crippen LogP contribution in [-0.2, 0) is 17.8 Å². The number of aldehydes is 1. The Kier molecular flexibility index (Phi) is 3.45. The molecule has 0 bridgehead atoms. The van der Waals surface area contributed by atoms with E-state index in [4.69, 9.17) is 23.2 Å². The van der Waals surface area contributed by atoms with Crippen LogP contribution in [0.4, 0.5) is 5.69 Å². The highest BCUT2D eigenvalue weighted by molar-refractivity contribution is 6.34. The van der Waals surface area contributed by atoms with Gasteiger partial charge in [-0.25, -0.2) is 0 Å². The summed E-state index contributed by atoms with van der Waals surface area (Å²) in [5, 5.41) is 0.682. The lowest BCUT2D eigenvalue weighted by Gasteiger charge is -2.31. The monoisotopic (exact) mass is 305 g/mol. The van der Waals surface area contributed by atoms with Gasteiger partial charge in [0.1, 0.15) is 0 Å². The van der Waals surface area contributed by atoms with Crippen molar-refractivity contribution in [3.63, 3.8) is 0 Å². The van der Waals surface area contributed by atoms with Crippen molar-refractivity contribution in [2.45, 2.75) is 18.0 Å². The maximum atomic E-state index is 11.5. The van der Waals surface area contributed by atoms with Crippen LogP contribution in [0, 0.1) is 0 Å². The van der Waals surface area contributed by atoms with E-state index in [1.807, 2.05) is 53.4 Å². The Morgan fingerprint density at radius 2 is 1.85 bits per heavy atom. The Morgan fingerprint density at radius 3 is 2.60 bits per heavy atom. The first-order chi connectivity index (χ1) is 9.64. The molecule has 1 aliphatic rings. The van der Waals surface area contributed by atoms with E-state index >= 15 is 0 Å². The van der Waals surface area contributed by atoms with Crippen LogP contribution >= 0.6 is 23.2 Å². The van der Waals surface area contributed by atoms with Crippen LogP contribution in [0.5, 0.6) is 0 Å². The fourth-order valence-electron chi connectivity index (χ4n) is 2.61. The second kappa shape index (κ2) is 5.12. The van der Waals surface area contributed by atoms with E-state index in [0.29, 0.717) is 18.0 Å². The van der Waals surface area contributed by atoms with Crippen molar-refractivity contribution >= 4 is 35.2 Å². The Hall–Kier alpha value is -1.51. The minimum absolute atomic E-state index is 0.513. The van der Waals surface area contributed by atoms with E-state index in [1.165, 1.54) is 0 Å². The third-order valence-corrected chi connectivity index (χ3v) is 4.43. The first-order valence-electron chi connectivity index (χ1n) is 6.38. The maximum Gasteiger partial charge on any atom is 0.175 e. The smallest absolute Gasteiger partial charge is 0.175 e. The molecule has 2 nitrogen and oxygen atoms in total. The quantitative estimate of drug-likeness (QED) is 0.484. The molecule has 2 aromatic rings. The number of halogens is 2. The van der Waals surface area contributed by atoms with Gasteiger partial charge in [-0.3, -0.25) is 4.79 Å². The molecule has 3 rings (SSSR count). The summed E-state index contributed by atoms with van der Waals surface area (Å²) in [6.07, 6.45) is 1.32. The minimum atomic E-state index is -1.02. The summed E-state index contributed by atoms with van der Waals surface area (Å²) >= 11 is 12.7. The van der Waals surface area contributed by atoms with E-state index < -0.39 is 5.00 Å². The molecule has 102 valence electrons. The highest BCUT2D eigenvalue weighted by Gasteiger charge is 2.42. The Bertz CT molecular complexity index is 658. The molecule has 0 amide bonds. The van der Waals surface area contributed by atoms with Gasteiger partial charge in [-0.05, 0) is 23.3 Å². The number of carbonyl (C=O) groups is 1. The van der Waals surface area contributed by atoms with Crippen LogP contribution in [0.15, 0.2) is 48.5 Å². The molecule has 2 aromatic carbocycles. The van der Waals surface area contributed by atoms with Gasteiger partial charge in [0.05, 0.1) is 0 Å². The van der Waals surface area contributed by atoms with Crippen LogP contribution in [-0.4, -0.2) is 11.3 Å². The molecule has 0 N–H and O–H groups in total. The lowest BCUT2D eigenvalue weighted by Crippen LogP contribution is -2.42. The number of alkyl halides is 1.